The topological polar surface area (TPSA) is 121 Å². The van der Waals surface area contributed by atoms with Gasteiger partial charge in [-0.1, -0.05) is 24.3 Å². The Morgan fingerprint density at radius 2 is 1.74 bits per heavy atom. The van der Waals surface area contributed by atoms with Crippen molar-refractivity contribution in [2.45, 2.75) is 79.2 Å². The average molecular weight is 639 g/mol. The summed E-state index contributed by atoms with van der Waals surface area (Å²) in [5, 5.41) is 19.8. The zero-order valence-electron chi connectivity index (χ0n) is 28.2. The molecule has 0 saturated carbocycles. The monoisotopic (exact) mass is 638 g/mol. The molecule has 1 aliphatic heterocycles. The van der Waals surface area contributed by atoms with Gasteiger partial charge in [-0.25, -0.2) is 9.31 Å². The number of hydrogen-bond donors (Lipinski definition) is 1. The summed E-state index contributed by atoms with van der Waals surface area (Å²) in [6.07, 6.45) is 1.16. The predicted molar refractivity (Wildman–Crippen MR) is 179 cm³/mol. The first kappa shape index (κ1) is 33.3. The first-order valence-electron chi connectivity index (χ1n) is 15.7. The van der Waals surface area contributed by atoms with Gasteiger partial charge in [0.2, 0.25) is 0 Å². The summed E-state index contributed by atoms with van der Waals surface area (Å²) in [7, 11) is 0. The highest BCUT2D eigenvalue weighted by Gasteiger charge is 2.35. The van der Waals surface area contributed by atoms with Crippen LogP contribution >= 0.6 is 0 Å². The van der Waals surface area contributed by atoms with Gasteiger partial charge in [-0.15, -0.1) is 0 Å². The molecular weight excluding hydrogens is 596 g/mol. The third-order valence-corrected chi connectivity index (χ3v) is 7.49. The van der Waals surface area contributed by atoms with Crippen LogP contribution < -0.4 is 15.1 Å². The van der Waals surface area contributed by atoms with Crippen molar-refractivity contribution in [3.63, 3.8) is 0 Å². The van der Waals surface area contributed by atoms with Gasteiger partial charge in [-0.2, -0.15) is 15.4 Å². The van der Waals surface area contributed by atoms with E-state index in [9.17, 15) is 14.9 Å². The SMILES string of the molecule is CCOc1ccc(C(=O)N(OC(C)(C)C)c2c(C)c(NC3CN(C(=O)OC(C)(C)C)Cc4ccccc43)c(C#N)c3ccnn23)cc1. The third kappa shape index (κ3) is 7.18. The van der Waals surface area contributed by atoms with Crippen molar-refractivity contribution in [1.82, 2.24) is 14.5 Å². The van der Waals surface area contributed by atoms with E-state index in [-0.39, 0.29) is 0 Å². The molecule has 11 heteroatoms. The van der Waals surface area contributed by atoms with Crippen molar-refractivity contribution in [3.8, 4) is 11.8 Å². The molecule has 2 amide bonds. The van der Waals surface area contributed by atoms with Crippen LogP contribution in [0.15, 0.2) is 60.8 Å². The minimum atomic E-state index is -0.773. The number of carbonyl (C=O) groups excluding carboxylic acids is 2. The molecule has 1 atom stereocenters. The molecule has 1 N–H and O–H groups in total. The molecule has 0 fully saturated rings. The second-order valence-electron chi connectivity index (χ2n) is 13.5. The van der Waals surface area contributed by atoms with Crippen LogP contribution in [-0.4, -0.2) is 50.9 Å². The first-order chi connectivity index (χ1) is 22.2. The van der Waals surface area contributed by atoms with Crippen LogP contribution in [0, 0.1) is 18.3 Å². The fourth-order valence-electron chi connectivity index (χ4n) is 5.58. The number of nitriles is 1. The van der Waals surface area contributed by atoms with Crippen molar-refractivity contribution in [1.29, 1.82) is 5.26 Å². The van der Waals surface area contributed by atoms with E-state index in [1.807, 2.05) is 79.7 Å². The van der Waals surface area contributed by atoms with Gasteiger partial charge < -0.3 is 19.7 Å². The molecule has 0 spiro atoms. The number of pyridine rings is 1. The predicted octanol–water partition coefficient (Wildman–Crippen LogP) is 7.19. The van der Waals surface area contributed by atoms with Crippen molar-refractivity contribution in [2.75, 3.05) is 23.5 Å². The Kier molecular flexibility index (Phi) is 9.18. The molecule has 47 heavy (non-hydrogen) atoms. The van der Waals surface area contributed by atoms with Crippen LogP contribution in [0.1, 0.15) is 87.1 Å². The molecule has 2 aromatic carbocycles. The fourth-order valence-corrected chi connectivity index (χ4v) is 5.58. The Bertz CT molecular complexity index is 1830. The molecule has 1 aliphatic rings. The molecule has 3 heterocycles. The van der Waals surface area contributed by atoms with E-state index in [1.54, 1.807) is 45.9 Å². The number of ether oxygens (including phenoxy) is 2. The Morgan fingerprint density at radius 3 is 2.38 bits per heavy atom. The number of nitrogens with one attached hydrogen (secondary N) is 1. The molecule has 0 radical (unpaired) electrons. The highest BCUT2D eigenvalue weighted by Crippen LogP contribution is 2.39. The zero-order valence-corrected chi connectivity index (χ0v) is 28.2. The van der Waals surface area contributed by atoms with Crippen molar-refractivity contribution in [2.24, 2.45) is 0 Å². The number of nitrogens with zero attached hydrogens (tertiary/aromatic N) is 5. The van der Waals surface area contributed by atoms with Gasteiger partial charge in [0.1, 0.15) is 23.0 Å². The second-order valence-corrected chi connectivity index (χ2v) is 13.5. The number of anilines is 2. The summed E-state index contributed by atoms with van der Waals surface area (Å²) < 4.78 is 12.8. The van der Waals surface area contributed by atoms with Crippen LogP contribution in [0.4, 0.5) is 16.3 Å². The van der Waals surface area contributed by atoms with Crippen LogP contribution in [0.25, 0.3) is 5.52 Å². The summed E-state index contributed by atoms with van der Waals surface area (Å²) in [4.78, 5) is 35.5. The molecule has 5 rings (SSSR count). The summed E-state index contributed by atoms with van der Waals surface area (Å²) in [5.74, 6) is 0.571. The smallest absolute Gasteiger partial charge is 0.410 e. The molecule has 1 unspecified atom stereocenters. The standard InChI is InChI=1S/C36H42N6O5/c1-9-45-26-16-14-24(15-17-26)33(43)42(47-36(6,7)8)32-23(2)31(28(20-37)30-18-19-38-41(30)32)39-29-22-40(34(44)46-35(3,4)5)21-25-12-10-11-13-27(25)29/h10-19,29,39H,9,21-22H2,1-8H3. The Hall–Kier alpha value is -5.08. The number of hydrogen-bond acceptors (Lipinski definition) is 8. The van der Waals surface area contributed by atoms with Crippen LogP contribution in [0.3, 0.4) is 0 Å². The molecule has 11 nitrogen and oxygen atoms in total. The van der Waals surface area contributed by atoms with Gasteiger partial charge in [0.15, 0.2) is 5.82 Å². The third-order valence-electron chi connectivity index (χ3n) is 7.49. The van der Waals surface area contributed by atoms with Crippen molar-refractivity contribution >= 4 is 29.0 Å². The lowest BCUT2D eigenvalue weighted by molar-refractivity contribution is -0.0172. The van der Waals surface area contributed by atoms with Crippen molar-refractivity contribution < 1.29 is 23.9 Å². The van der Waals surface area contributed by atoms with E-state index in [2.05, 4.69) is 16.5 Å². The van der Waals surface area contributed by atoms with Gasteiger partial charge in [0.25, 0.3) is 5.91 Å². The number of carbonyl (C=O) groups is 2. The number of hydroxylamine groups is 1. The molecule has 4 aromatic rings. The lowest BCUT2D eigenvalue weighted by Gasteiger charge is -2.37. The van der Waals surface area contributed by atoms with Gasteiger partial charge in [0.05, 0.1) is 35.7 Å². The van der Waals surface area contributed by atoms with Crippen LogP contribution in [0.5, 0.6) is 5.75 Å². The largest absolute Gasteiger partial charge is 0.494 e. The molecule has 0 aliphatic carbocycles. The van der Waals surface area contributed by atoms with Crippen LogP contribution in [0.2, 0.25) is 0 Å². The van der Waals surface area contributed by atoms with Gasteiger partial charge in [-0.05, 0) is 96.8 Å². The summed E-state index contributed by atoms with van der Waals surface area (Å²) in [5.41, 5.74) is 2.82. The summed E-state index contributed by atoms with van der Waals surface area (Å²) >= 11 is 0. The number of aromatic nitrogens is 2. The van der Waals surface area contributed by atoms with Gasteiger partial charge in [0, 0.05) is 24.2 Å². The molecule has 0 bridgehead atoms. The molecule has 0 saturated heterocycles. The van der Waals surface area contributed by atoms with Crippen molar-refractivity contribution in [3.05, 3.63) is 88.6 Å². The van der Waals surface area contributed by atoms with Gasteiger partial charge in [-0.3, -0.25) is 9.63 Å². The van der Waals surface area contributed by atoms with E-state index >= 15 is 0 Å². The average Bonchev–Trinajstić information content (AvgIpc) is 3.48. The number of benzene rings is 2. The number of amides is 2. The van der Waals surface area contributed by atoms with E-state index < -0.39 is 29.2 Å². The fraction of sp³-hybridized carbons (Fsp3) is 0.389. The maximum absolute atomic E-state index is 14.2. The number of rotatable bonds is 7. The zero-order chi connectivity index (χ0) is 34.1. The Balaban J connectivity index is 1.63. The first-order valence-corrected chi connectivity index (χ1v) is 15.7. The van der Waals surface area contributed by atoms with E-state index in [4.69, 9.17) is 14.3 Å². The highest BCUT2D eigenvalue weighted by molar-refractivity contribution is 6.05. The second kappa shape index (κ2) is 13.0. The quantitative estimate of drug-likeness (QED) is 0.211. The van der Waals surface area contributed by atoms with Gasteiger partial charge >= 0.3 is 6.09 Å². The minimum Gasteiger partial charge on any atom is -0.494 e. The Labute approximate surface area is 275 Å². The number of fused-ring (bicyclic) bond motifs is 2. The highest BCUT2D eigenvalue weighted by atomic mass is 16.7. The molecule has 246 valence electrons. The summed E-state index contributed by atoms with van der Waals surface area (Å²) in [6, 6.07) is 18.4. The summed E-state index contributed by atoms with van der Waals surface area (Å²) in [6.45, 7) is 16.0. The van der Waals surface area contributed by atoms with Crippen LogP contribution in [-0.2, 0) is 16.1 Å². The molecule has 2 aromatic heterocycles. The van der Waals surface area contributed by atoms with E-state index in [0.29, 0.717) is 59.2 Å². The minimum absolute atomic E-state index is 0.295. The maximum Gasteiger partial charge on any atom is 0.410 e. The Morgan fingerprint density at radius 1 is 1.04 bits per heavy atom. The maximum atomic E-state index is 14.2. The normalized spacial score (nSPS) is 14.7. The van der Waals surface area contributed by atoms with E-state index in [1.165, 1.54) is 5.06 Å². The lowest BCUT2D eigenvalue weighted by atomic mass is 9.94. The molecular formula is C36H42N6O5. The lowest BCUT2D eigenvalue weighted by Crippen LogP contribution is -2.43. The van der Waals surface area contributed by atoms with E-state index in [0.717, 1.165) is 11.1 Å².